The Balaban J connectivity index is 2.53. The first-order chi connectivity index (χ1) is 10.6. The second-order valence-electron chi connectivity index (χ2n) is 5.59. The van der Waals surface area contributed by atoms with E-state index in [-0.39, 0.29) is 19.9 Å². The van der Waals surface area contributed by atoms with E-state index >= 15 is 0 Å². The molecule has 0 aromatic heterocycles. The second-order valence-corrected chi connectivity index (χ2v) is 6.43. The van der Waals surface area contributed by atoms with Crippen molar-refractivity contribution >= 4 is 14.2 Å². The quantitative estimate of drug-likeness (QED) is 0.509. The fraction of sp³-hybridized carbons (Fsp3) is 0.316. The van der Waals surface area contributed by atoms with E-state index in [1.165, 1.54) is 0 Å². The van der Waals surface area contributed by atoms with E-state index in [0.717, 1.165) is 35.1 Å². The summed E-state index contributed by atoms with van der Waals surface area (Å²) in [6, 6.07) is 13.4. The maximum atomic E-state index is 13.0. The van der Waals surface area contributed by atoms with Gasteiger partial charge in [0.25, 0.3) is 0 Å². The van der Waals surface area contributed by atoms with Crippen LogP contribution in [0.3, 0.4) is 0 Å². The van der Waals surface area contributed by atoms with Gasteiger partial charge in [0.15, 0.2) is 14.2 Å². The monoisotopic (exact) mass is 312 g/mol. The van der Waals surface area contributed by atoms with E-state index < -0.39 is 0 Å². The zero-order valence-corrected chi connectivity index (χ0v) is 14.2. The van der Waals surface area contributed by atoms with Crippen LogP contribution < -0.4 is 0 Å². The van der Waals surface area contributed by atoms with Crippen molar-refractivity contribution in [2.45, 2.75) is 39.3 Å². The first kappa shape index (κ1) is 16.6. The molecule has 0 saturated heterocycles. The lowest BCUT2D eigenvalue weighted by molar-refractivity contribution is 0.103. The number of aryl methyl sites for hydroxylation is 2. The highest BCUT2D eigenvalue weighted by Crippen LogP contribution is 2.35. The Hall–Kier alpha value is -1.79. The number of hydrogen-bond donors (Lipinski definition) is 0. The van der Waals surface area contributed by atoms with Gasteiger partial charge in [-0.15, -0.1) is 0 Å². The Bertz CT molecular complexity index is 671. The van der Waals surface area contributed by atoms with Crippen molar-refractivity contribution in [2.24, 2.45) is 0 Å². The van der Waals surface area contributed by atoms with Gasteiger partial charge in [-0.1, -0.05) is 55.8 Å². The van der Waals surface area contributed by atoms with Crippen LogP contribution in [0.1, 0.15) is 58.0 Å². The summed E-state index contributed by atoms with van der Waals surface area (Å²) in [5.41, 5.74) is 4.15. The first-order valence-corrected chi connectivity index (χ1v) is 8.50. The van der Waals surface area contributed by atoms with E-state index in [1.807, 2.05) is 56.3 Å². The van der Waals surface area contributed by atoms with Gasteiger partial charge in [0, 0.05) is 11.1 Å². The number of carbonyl (C=O) groups excluding carboxylic acids is 1. The molecule has 0 amide bonds. The van der Waals surface area contributed by atoms with Crippen molar-refractivity contribution in [3.63, 3.8) is 0 Å². The molecule has 2 rings (SSSR count). The average Bonchev–Trinajstić information content (AvgIpc) is 2.52. The predicted octanol–water partition coefficient (Wildman–Crippen LogP) is 5.67. The SMILES string of the molecule is CCCC(P=O)c1ccccc1C(=O)c1c(C)cccc1C. The Kier molecular flexibility index (Phi) is 5.63. The normalized spacial score (nSPS) is 12.3. The molecular formula is C19H21O2P. The molecule has 2 nitrogen and oxygen atoms in total. The number of benzene rings is 2. The summed E-state index contributed by atoms with van der Waals surface area (Å²) in [7, 11) is 0.0764. The van der Waals surface area contributed by atoms with Crippen LogP contribution in [-0.4, -0.2) is 5.78 Å². The summed E-state index contributed by atoms with van der Waals surface area (Å²) in [5, 5.41) is 0. The minimum atomic E-state index is -0.116. The van der Waals surface area contributed by atoms with Crippen LogP contribution in [0.15, 0.2) is 42.5 Å². The van der Waals surface area contributed by atoms with Gasteiger partial charge in [-0.2, -0.15) is 0 Å². The summed E-state index contributed by atoms with van der Waals surface area (Å²) in [4.78, 5) is 13.0. The van der Waals surface area contributed by atoms with Gasteiger partial charge in [0.05, 0.1) is 5.66 Å². The smallest absolute Gasteiger partial charge is 0.193 e. The minimum Gasteiger partial charge on any atom is -0.289 e. The molecule has 0 aliphatic heterocycles. The Morgan fingerprint density at radius 2 is 1.68 bits per heavy atom. The van der Waals surface area contributed by atoms with Crippen molar-refractivity contribution < 1.29 is 9.36 Å². The van der Waals surface area contributed by atoms with Crippen LogP contribution in [-0.2, 0) is 4.57 Å². The maximum absolute atomic E-state index is 13.0. The van der Waals surface area contributed by atoms with Crippen molar-refractivity contribution in [2.75, 3.05) is 0 Å². The zero-order chi connectivity index (χ0) is 16.1. The molecule has 2 aromatic rings. The van der Waals surface area contributed by atoms with Gasteiger partial charge in [0.2, 0.25) is 0 Å². The lowest BCUT2D eigenvalue weighted by Crippen LogP contribution is -2.10. The van der Waals surface area contributed by atoms with Gasteiger partial charge in [-0.3, -0.25) is 9.36 Å². The topological polar surface area (TPSA) is 34.1 Å². The van der Waals surface area contributed by atoms with E-state index in [9.17, 15) is 9.36 Å². The Morgan fingerprint density at radius 3 is 2.27 bits per heavy atom. The third-order valence-electron chi connectivity index (χ3n) is 3.96. The third-order valence-corrected chi connectivity index (χ3v) is 4.75. The van der Waals surface area contributed by atoms with Crippen LogP contribution in [0, 0.1) is 13.8 Å². The standard InChI is InChI=1S/C19H21O2P/c1-4-8-17(22-21)15-11-5-6-12-16(15)19(20)18-13(2)9-7-10-14(18)3/h5-7,9-12,17H,4,8H2,1-3H3. The number of rotatable bonds is 6. The molecule has 2 aromatic carbocycles. The number of ketones is 1. The molecule has 0 heterocycles. The van der Waals surface area contributed by atoms with Gasteiger partial charge < -0.3 is 0 Å². The summed E-state index contributed by atoms with van der Waals surface area (Å²) < 4.78 is 11.5. The highest BCUT2D eigenvalue weighted by atomic mass is 31.1. The number of carbonyl (C=O) groups is 1. The van der Waals surface area contributed by atoms with Crippen LogP contribution in [0.4, 0.5) is 0 Å². The van der Waals surface area contributed by atoms with E-state index in [4.69, 9.17) is 0 Å². The van der Waals surface area contributed by atoms with E-state index in [1.54, 1.807) is 0 Å². The highest BCUT2D eigenvalue weighted by Gasteiger charge is 2.21. The second kappa shape index (κ2) is 7.47. The molecule has 0 aliphatic carbocycles. The fourth-order valence-corrected chi connectivity index (χ4v) is 3.54. The Morgan fingerprint density at radius 1 is 1.05 bits per heavy atom. The Labute approximate surface area is 133 Å². The first-order valence-electron chi connectivity index (χ1n) is 7.62. The zero-order valence-electron chi connectivity index (χ0n) is 13.3. The number of hydrogen-bond acceptors (Lipinski definition) is 2. The summed E-state index contributed by atoms with van der Waals surface area (Å²) >= 11 is 0. The van der Waals surface area contributed by atoms with Crippen molar-refractivity contribution in [3.8, 4) is 0 Å². The largest absolute Gasteiger partial charge is 0.289 e. The summed E-state index contributed by atoms with van der Waals surface area (Å²) in [6.45, 7) is 5.98. The van der Waals surface area contributed by atoms with Crippen LogP contribution in [0.2, 0.25) is 0 Å². The molecule has 0 saturated carbocycles. The molecule has 114 valence electrons. The van der Waals surface area contributed by atoms with Gasteiger partial charge >= 0.3 is 0 Å². The molecule has 0 N–H and O–H groups in total. The van der Waals surface area contributed by atoms with E-state index in [0.29, 0.717) is 5.56 Å². The van der Waals surface area contributed by atoms with E-state index in [2.05, 4.69) is 6.92 Å². The average molecular weight is 312 g/mol. The molecule has 1 unspecified atom stereocenters. The molecular weight excluding hydrogens is 291 g/mol. The summed E-state index contributed by atoms with van der Waals surface area (Å²) in [6.07, 6.45) is 1.74. The molecule has 3 heteroatoms. The van der Waals surface area contributed by atoms with Crippen LogP contribution in [0.5, 0.6) is 0 Å². The minimum absolute atomic E-state index is 0.0240. The molecule has 22 heavy (non-hydrogen) atoms. The van der Waals surface area contributed by atoms with Crippen molar-refractivity contribution in [1.29, 1.82) is 0 Å². The van der Waals surface area contributed by atoms with Crippen molar-refractivity contribution in [1.82, 2.24) is 0 Å². The molecule has 0 spiro atoms. The van der Waals surface area contributed by atoms with Crippen LogP contribution in [0.25, 0.3) is 0 Å². The maximum Gasteiger partial charge on any atom is 0.193 e. The lowest BCUT2D eigenvalue weighted by Gasteiger charge is -2.15. The molecule has 0 bridgehead atoms. The predicted molar refractivity (Wildman–Crippen MR) is 91.0 cm³/mol. The molecule has 1 atom stereocenters. The van der Waals surface area contributed by atoms with Gasteiger partial charge in [0.1, 0.15) is 0 Å². The molecule has 0 fully saturated rings. The lowest BCUT2D eigenvalue weighted by atomic mass is 9.91. The third kappa shape index (κ3) is 3.34. The van der Waals surface area contributed by atoms with Crippen LogP contribution >= 0.6 is 8.46 Å². The molecule has 0 aliphatic rings. The van der Waals surface area contributed by atoms with Crippen molar-refractivity contribution in [3.05, 3.63) is 70.3 Å². The molecule has 0 radical (unpaired) electrons. The van der Waals surface area contributed by atoms with Gasteiger partial charge in [-0.05, 0) is 37.0 Å². The summed E-state index contributed by atoms with van der Waals surface area (Å²) in [5.74, 6) is 0.0240. The highest BCUT2D eigenvalue weighted by molar-refractivity contribution is 7.24. The van der Waals surface area contributed by atoms with Gasteiger partial charge in [-0.25, -0.2) is 0 Å². The fourth-order valence-electron chi connectivity index (χ4n) is 2.84.